The number of hydrogen-bond donors (Lipinski definition) is 4. The van der Waals surface area contributed by atoms with Crippen molar-refractivity contribution in [1.29, 1.82) is 0 Å². The van der Waals surface area contributed by atoms with Crippen LogP contribution in [-0.2, 0) is 55.8 Å². The molecule has 5 unspecified atom stereocenters. The highest BCUT2D eigenvalue weighted by atomic mass is 31.2. The second-order valence-electron chi connectivity index (χ2n) is 24.0. The van der Waals surface area contributed by atoms with Crippen LogP contribution in [0.5, 0.6) is 0 Å². The van der Waals surface area contributed by atoms with Gasteiger partial charge in [0.2, 0.25) is 0 Å². The lowest BCUT2D eigenvalue weighted by molar-refractivity contribution is -0.161. The number of phosphoric ester groups is 2. The molecule has 0 radical (unpaired) electrons. The number of allylic oxidation sites excluding steroid dienone is 30. The largest absolute Gasteiger partial charge is 0.472 e. The summed E-state index contributed by atoms with van der Waals surface area (Å²) in [5.74, 6) is -1.67. The van der Waals surface area contributed by atoms with E-state index >= 15 is 0 Å². The van der Waals surface area contributed by atoms with Crippen LogP contribution in [-0.4, -0.2) is 95.9 Å². The molecule has 0 heterocycles. The smallest absolute Gasteiger partial charge is 0.463 e. The van der Waals surface area contributed by atoms with Gasteiger partial charge in [0.25, 0.3) is 0 Å². The third kappa shape index (κ3) is 73.7. The first-order valence-electron chi connectivity index (χ1n) is 37.1. The van der Waals surface area contributed by atoms with E-state index in [2.05, 4.69) is 203 Å². The van der Waals surface area contributed by atoms with Crippen molar-refractivity contribution < 1.29 is 75.8 Å². The summed E-state index contributed by atoms with van der Waals surface area (Å²) in [4.78, 5) is 58.6. The lowest BCUT2D eigenvalue weighted by atomic mass is 10.1. The third-order valence-electron chi connectivity index (χ3n) is 14.6. The van der Waals surface area contributed by atoms with Gasteiger partial charge < -0.3 is 34.2 Å². The zero-order chi connectivity index (χ0) is 72.3. The molecule has 0 rings (SSSR count). The molecule has 560 valence electrons. The first kappa shape index (κ1) is 93.6. The Kier molecular flexibility index (Phi) is 68.5. The van der Waals surface area contributed by atoms with Crippen LogP contribution in [0.1, 0.15) is 252 Å². The van der Waals surface area contributed by atoms with Gasteiger partial charge in [0, 0.05) is 19.3 Å². The second-order valence-corrected chi connectivity index (χ2v) is 26.9. The minimum absolute atomic E-state index is 0.0698. The van der Waals surface area contributed by atoms with Crippen LogP contribution in [0.25, 0.3) is 0 Å². The molecular formula is C81H130O16P2. The maximum absolute atomic E-state index is 13.0. The highest BCUT2D eigenvalue weighted by molar-refractivity contribution is 7.47. The van der Waals surface area contributed by atoms with Gasteiger partial charge in [0.05, 0.1) is 26.4 Å². The Labute approximate surface area is 598 Å². The fraction of sp³-hybridized carbons (Fsp3) is 0.593. The molecule has 0 amide bonds. The summed E-state index contributed by atoms with van der Waals surface area (Å²) in [5, 5.41) is 20.6. The summed E-state index contributed by atoms with van der Waals surface area (Å²) >= 11 is 0. The zero-order valence-corrected chi connectivity index (χ0v) is 62.6. The highest BCUT2D eigenvalue weighted by Crippen LogP contribution is 2.45. The van der Waals surface area contributed by atoms with Crippen LogP contribution in [0.3, 0.4) is 0 Å². The highest BCUT2D eigenvalue weighted by Gasteiger charge is 2.29. The van der Waals surface area contributed by atoms with Crippen LogP contribution in [0.15, 0.2) is 182 Å². The van der Waals surface area contributed by atoms with E-state index in [4.69, 9.17) is 32.3 Å². The predicted octanol–water partition coefficient (Wildman–Crippen LogP) is 21.4. The van der Waals surface area contributed by atoms with Crippen LogP contribution in [0.2, 0.25) is 0 Å². The summed E-state index contributed by atoms with van der Waals surface area (Å²) in [6.45, 7) is 2.29. The molecule has 99 heavy (non-hydrogen) atoms. The van der Waals surface area contributed by atoms with E-state index in [1.54, 1.807) is 0 Å². The predicted molar refractivity (Wildman–Crippen MR) is 408 cm³/mol. The monoisotopic (exact) mass is 1420 g/mol. The van der Waals surface area contributed by atoms with Gasteiger partial charge in [0.15, 0.2) is 6.10 Å². The van der Waals surface area contributed by atoms with Crippen LogP contribution < -0.4 is 0 Å². The van der Waals surface area contributed by atoms with Gasteiger partial charge in [-0.05, 0) is 161 Å². The number of carbonyl (C=O) groups is 3. The number of esters is 3. The summed E-state index contributed by atoms with van der Waals surface area (Å²) in [7, 11) is -9.83. The topological polar surface area (TPSA) is 231 Å². The SMILES string of the molecule is CC/C=C\C/C=C\C/C=C\C/C=C\C/C=C\C/C=C\CCCCC(=O)OCC(O)COP(=O)(O)OCC(O)COP(=O)(O)OCC(COC(=O)CCCCCCC/C=C\C/C=C\C/C=C\C/C=C\C/C=C\CC)OC(=O)CCCCCCC/C=C\C/C=C\C/C=C\C/C=C\CCCCC. The number of carbonyl (C=O) groups excluding carboxylic acids is 3. The Balaban J connectivity index is 4.83. The average Bonchev–Trinajstić information content (AvgIpc) is 1.82. The first-order valence-corrected chi connectivity index (χ1v) is 40.1. The summed E-state index contributed by atoms with van der Waals surface area (Å²) in [5.41, 5.74) is 0. The quantitative estimate of drug-likeness (QED) is 0.0146. The van der Waals surface area contributed by atoms with Crippen molar-refractivity contribution in [2.75, 3.05) is 39.6 Å². The standard InChI is InChI=1S/C81H130O16P2/c1-4-7-10-13-16-19-22-25-28-31-34-37-40-43-46-49-52-55-58-61-64-67-79(84)91-70-76(82)71-93-98(87,88)94-72-77(83)73-95-99(89,90)96-75-78(97-81(86)69-66-63-60-57-54-51-48-45-42-39-36-33-30-27-24-21-18-15-12-9-6-3)74-92-80(85)68-65-62-59-56-53-50-47-44-41-38-35-32-29-26-23-20-17-14-11-8-5-2/h7-8,10-11,16-21,25-30,34-39,43-48,52,55,76-78,82-83H,4-6,9,12-15,22-24,31-33,40-42,49-51,53-54,56-75H2,1-3H3,(H,87,88)(H,89,90)/b10-7-,11-8-,19-16-,20-17-,21-18-,28-25-,29-26-,30-27-,37-34-,38-35-,39-36-,46-43-,47-44-,48-45-,55-52-. The van der Waals surface area contributed by atoms with Crippen LogP contribution >= 0.6 is 15.6 Å². The minimum Gasteiger partial charge on any atom is -0.463 e. The average molecular weight is 1420 g/mol. The van der Waals surface area contributed by atoms with Crippen molar-refractivity contribution in [3.63, 3.8) is 0 Å². The van der Waals surface area contributed by atoms with E-state index in [9.17, 15) is 43.5 Å². The van der Waals surface area contributed by atoms with Crippen molar-refractivity contribution >= 4 is 33.6 Å². The molecule has 0 bridgehead atoms. The van der Waals surface area contributed by atoms with E-state index in [0.717, 1.165) is 173 Å². The molecule has 0 aliphatic carbocycles. The first-order chi connectivity index (χ1) is 48.2. The molecule has 0 aromatic carbocycles. The van der Waals surface area contributed by atoms with E-state index in [-0.39, 0.29) is 19.3 Å². The molecule has 0 aliphatic heterocycles. The van der Waals surface area contributed by atoms with Gasteiger partial charge in [-0.2, -0.15) is 0 Å². The van der Waals surface area contributed by atoms with E-state index in [1.807, 2.05) is 0 Å². The molecular weight excluding hydrogens is 1290 g/mol. The van der Waals surface area contributed by atoms with Crippen molar-refractivity contribution in [3.05, 3.63) is 182 Å². The number of aliphatic hydroxyl groups is 2. The third-order valence-corrected chi connectivity index (χ3v) is 16.5. The van der Waals surface area contributed by atoms with Crippen molar-refractivity contribution in [2.45, 2.75) is 270 Å². The Morgan fingerprint density at radius 1 is 0.293 bits per heavy atom. The Morgan fingerprint density at radius 3 is 0.869 bits per heavy atom. The maximum atomic E-state index is 13.0. The molecule has 0 saturated carbocycles. The number of unbranched alkanes of at least 4 members (excludes halogenated alkanes) is 15. The normalized spacial score (nSPS) is 15.1. The maximum Gasteiger partial charge on any atom is 0.472 e. The molecule has 0 aromatic rings. The number of aliphatic hydroxyl groups excluding tert-OH is 2. The molecule has 5 atom stereocenters. The van der Waals surface area contributed by atoms with E-state index in [0.29, 0.717) is 19.3 Å². The van der Waals surface area contributed by atoms with E-state index < -0.39 is 91.5 Å². The van der Waals surface area contributed by atoms with Gasteiger partial charge in [-0.15, -0.1) is 0 Å². The number of hydrogen-bond acceptors (Lipinski definition) is 14. The van der Waals surface area contributed by atoms with Gasteiger partial charge in [-0.1, -0.05) is 254 Å². The molecule has 16 nitrogen and oxygen atoms in total. The van der Waals surface area contributed by atoms with Crippen molar-refractivity contribution in [3.8, 4) is 0 Å². The number of ether oxygens (including phenoxy) is 3. The van der Waals surface area contributed by atoms with Gasteiger partial charge in [0.1, 0.15) is 25.4 Å². The Morgan fingerprint density at radius 2 is 0.535 bits per heavy atom. The summed E-state index contributed by atoms with van der Waals surface area (Å²) in [6, 6.07) is 0. The van der Waals surface area contributed by atoms with Gasteiger partial charge in [-0.3, -0.25) is 32.5 Å². The van der Waals surface area contributed by atoms with Gasteiger partial charge in [-0.25, -0.2) is 9.13 Å². The van der Waals surface area contributed by atoms with Crippen LogP contribution in [0.4, 0.5) is 0 Å². The molecule has 0 spiro atoms. The lowest BCUT2D eigenvalue weighted by Gasteiger charge is -2.21. The second kappa shape index (κ2) is 72.4. The molecule has 4 N–H and O–H groups in total. The van der Waals surface area contributed by atoms with Crippen molar-refractivity contribution in [2.24, 2.45) is 0 Å². The summed E-state index contributed by atoms with van der Waals surface area (Å²) < 4.78 is 61.0. The Hall–Kier alpha value is -5.35. The lowest BCUT2D eigenvalue weighted by Crippen LogP contribution is -2.30. The van der Waals surface area contributed by atoms with E-state index in [1.165, 1.54) is 19.3 Å². The minimum atomic E-state index is -4.95. The molecule has 18 heteroatoms. The van der Waals surface area contributed by atoms with Gasteiger partial charge >= 0.3 is 33.6 Å². The molecule has 0 aliphatic rings. The summed E-state index contributed by atoms with van der Waals surface area (Å²) in [6.07, 6.45) is 92.1. The fourth-order valence-corrected chi connectivity index (χ4v) is 10.6. The van der Waals surface area contributed by atoms with Crippen LogP contribution in [0, 0.1) is 0 Å². The molecule has 0 saturated heterocycles. The Bertz CT molecular complexity index is 2530. The van der Waals surface area contributed by atoms with Crippen molar-refractivity contribution in [1.82, 2.24) is 0 Å². The zero-order valence-electron chi connectivity index (χ0n) is 60.8. The number of rotatable bonds is 68. The molecule has 0 aromatic heterocycles. The number of phosphoric acid groups is 2. The fourth-order valence-electron chi connectivity index (χ4n) is 8.99. The molecule has 0 fully saturated rings.